The summed E-state index contributed by atoms with van der Waals surface area (Å²) in [6.45, 7) is 1.90. The average Bonchev–Trinajstić information content (AvgIpc) is 1.96. The molecule has 0 aliphatic heterocycles. The van der Waals surface area contributed by atoms with Gasteiger partial charge in [-0.25, -0.2) is 0 Å². The summed E-state index contributed by atoms with van der Waals surface area (Å²) in [5.74, 6) is -0.857. The van der Waals surface area contributed by atoms with Crippen molar-refractivity contribution in [1.82, 2.24) is 4.98 Å². The minimum absolute atomic E-state index is 0.0197. The molecule has 64 valence electrons. The fourth-order valence-corrected chi connectivity index (χ4v) is 1.07. The third-order valence-corrected chi connectivity index (χ3v) is 2.27. The number of carboxylic acids is 1. The van der Waals surface area contributed by atoms with Crippen LogP contribution in [-0.4, -0.2) is 16.1 Å². The molecule has 0 aromatic carbocycles. The summed E-state index contributed by atoms with van der Waals surface area (Å²) >= 11 is 3.29. The third kappa shape index (κ3) is 2.30. The highest BCUT2D eigenvalue weighted by Crippen LogP contribution is 2.14. The number of aryl methyl sites for hydroxylation is 1. The van der Waals surface area contributed by atoms with E-state index < -0.39 is 5.97 Å². The molecular weight excluding hydrogens is 222 g/mol. The van der Waals surface area contributed by atoms with Gasteiger partial charge in [0.05, 0.1) is 12.1 Å². The number of hydrogen-bond donors (Lipinski definition) is 1. The molecule has 1 heterocycles. The third-order valence-electron chi connectivity index (χ3n) is 1.44. The van der Waals surface area contributed by atoms with Crippen molar-refractivity contribution >= 4 is 21.9 Å². The molecule has 4 heteroatoms. The molecule has 1 rings (SSSR count). The van der Waals surface area contributed by atoms with Crippen molar-refractivity contribution in [3.05, 3.63) is 28.0 Å². The minimum atomic E-state index is -0.857. The molecule has 0 radical (unpaired) electrons. The Balaban J connectivity index is 2.89. The van der Waals surface area contributed by atoms with Crippen LogP contribution in [0.4, 0.5) is 0 Å². The SMILES string of the molecule is Cc1cc(CC(=O)O)ncc1Br. The molecule has 0 fully saturated rings. The van der Waals surface area contributed by atoms with Gasteiger partial charge in [-0.15, -0.1) is 0 Å². The Bertz CT molecular complexity index is 312. The van der Waals surface area contributed by atoms with E-state index in [1.165, 1.54) is 0 Å². The molecule has 1 aromatic rings. The predicted molar refractivity (Wildman–Crippen MR) is 48.0 cm³/mol. The molecule has 0 amide bonds. The van der Waals surface area contributed by atoms with Crippen LogP contribution < -0.4 is 0 Å². The van der Waals surface area contributed by atoms with E-state index in [0.717, 1.165) is 10.0 Å². The van der Waals surface area contributed by atoms with Crippen LogP contribution in [0.3, 0.4) is 0 Å². The maximum Gasteiger partial charge on any atom is 0.309 e. The van der Waals surface area contributed by atoms with E-state index in [0.29, 0.717) is 5.69 Å². The van der Waals surface area contributed by atoms with Gasteiger partial charge in [-0.3, -0.25) is 9.78 Å². The van der Waals surface area contributed by atoms with Crippen LogP contribution in [0.15, 0.2) is 16.7 Å². The number of aliphatic carboxylic acids is 1. The quantitative estimate of drug-likeness (QED) is 0.842. The lowest BCUT2D eigenvalue weighted by Gasteiger charge is -1.99. The van der Waals surface area contributed by atoms with Gasteiger partial charge in [0.15, 0.2) is 0 Å². The second-order valence-electron chi connectivity index (χ2n) is 2.50. The molecule has 0 aliphatic carbocycles. The number of hydrogen-bond acceptors (Lipinski definition) is 2. The zero-order valence-electron chi connectivity index (χ0n) is 6.54. The van der Waals surface area contributed by atoms with Crippen LogP contribution in [0.1, 0.15) is 11.3 Å². The summed E-state index contributed by atoms with van der Waals surface area (Å²) in [6, 6.07) is 1.76. The van der Waals surface area contributed by atoms with E-state index in [4.69, 9.17) is 5.11 Å². The van der Waals surface area contributed by atoms with E-state index in [1.54, 1.807) is 12.3 Å². The highest BCUT2D eigenvalue weighted by Gasteiger charge is 2.03. The first-order valence-corrected chi connectivity index (χ1v) is 4.21. The topological polar surface area (TPSA) is 50.2 Å². The lowest BCUT2D eigenvalue weighted by Crippen LogP contribution is -2.02. The lowest BCUT2D eigenvalue weighted by atomic mass is 10.2. The van der Waals surface area contributed by atoms with Crippen LogP contribution in [0, 0.1) is 6.92 Å². The van der Waals surface area contributed by atoms with Crippen molar-refractivity contribution in [3.8, 4) is 0 Å². The van der Waals surface area contributed by atoms with Gasteiger partial charge in [0.1, 0.15) is 0 Å². The first-order valence-electron chi connectivity index (χ1n) is 3.42. The number of nitrogens with zero attached hydrogens (tertiary/aromatic N) is 1. The molecule has 1 N–H and O–H groups in total. The minimum Gasteiger partial charge on any atom is -0.481 e. The van der Waals surface area contributed by atoms with Crippen molar-refractivity contribution in [2.45, 2.75) is 13.3 Å². The highest BCUT2D eigenvalue weighted by atomic mass is 79.9. The number of rotatable bonds is 2. The van der Waals surface area contributed by atoms with Gasteiger partial charge in [0.25, 0.3) is 0 Å². The van der Waals surface area contributed by atoms with Gasteiger partial charge < -0.3 is 5.11 Å². The van der Waals surface area contributed by atoms with Crippen LogP contribution in [-0.2, 0) is 11.2 Å². The van der Waals surface area contributed by atoms with E-state index in [-0.39, 0.29) is 6.42 Å². The van der Waals surface area contributed by atoms with Crippen molar-refractivity contribution < 1.29 is 9.90 Å². The van der Waals surface area contributed by atoms with Crippen molar-refractivity contribution in [2.75, 3.05) is 0 Å². The molecule has 1 aromatic heterocycles. The molecule has 0 saturated carbocycles. The Morgan fingerprint density at radius 3 is 2.92 bits per heavy atom. The predicted octanol–water partition coefficient (Wildman–Crippen LogP) is 1.78. The van der Waals surface area contributed by atoms with Gasteiger partial charge in [-0.1, -0.05) is 0 Å². The monoisotopic (exact) mass is 229 g/mol. The van der Waals surface area contributed by atoms with Crippen molar-refractivity contribution in [1.29, 1.82) is 0 Å². The van der Waals surface area contributed by atoms with Crippen molar-refractivity contribution in [3.63, 3.8) is 0 Å². The molecular formula is C8H8BrNO2. The molecule has 3 nitrogen and oxygen atoms in total. The molecule has 0 atom stereocenters. The first kappa shape index (κ1) is 9.19. The molecule has 12 heavy (non-hydrogen) atoms. The Labute approximate surface area is 78.6 Å². The standard InChI is InChI=1S/C8H8BrNO2/c1-5-2-6(3-8(11)12)10-4-7(5)9/h2,4H,3H2,1H3,(H,11,12). The summed E-state index contributed by atoms with van der Waals surface area (Å²) in [7, 11) is 0. The molecule has 0 unspecified atom stereocenters. The van der Waals surface area contributed by atoms with Gasteiger partial charge in [0.2, 0.25) is 0 Å². The van der Waals surface area contributed by atoms with Crippen LogP contribution in [0.25, 0.3) is 0 Å². The number of pyridine rings is 1. The van der Waals surface area contributed by atoms with Gasteiger partial charge in [-0.2, -0.15) is 0 Å². The van der Waals surface area contributed by atoms with Gasteiger partial charge in [-0.05, 0) is 34.5 Å². The fraction of sp³-hybridized carbons (Fsp3) is 0.250. The smallest absolute Gasteiger partial charge is 0.309 e. The van der Waals surface area contributed by atoms with Crippen LogP contribution in [0.2, 0.25) is 0 Å². The Kier molecular flexibility index (Phi) is 2.81. The van der Waals surface area contributed by atoms with Gasteiger partial charge >= 0.3 is 5.97 Å². The largest absolute Gasteiger partial charge is 0.481 e. The van der Waals surface area contributed by atoms with E-state index in [2.05, 4.69) is 20.9 Å². The Morgan fingerprint density at radius 2 is 2.42 bits per heavy atom. The van der Waals surface area contributed by atoms with E-state index in [9.17, 15) is 4.79 Å². The fourth-order valence-electron chi connectivity index (χ4n) is 0.849. The number of carbonyl (C=O) groups is 1. The van der Waals surface area contributed by atoms with Crippen molar-refractivity contribution in [2.24, 2.45) is 0 Å². The molecule has 0 spiro atoms. The number of aromatic nitrogens is 1. The number of halogens is 1. The highest BCUT2D eigenvalue weighted by molar-refractivity contribution is 9.10. The molecule has 0 saturated heterocycles. The number of carboxylic acid groups (broad SMARTS) is 1. The zero-order valence-corrected chi connectivity index (χ0v) is 8.13. The summed E-state index contributed by atoms with van der Waals surface area (Å²) < 4.78 is 0.900. The Morgan fingerprint density at radius 1 is 1.75 bits per heavy atom. The Hall–Kier alpha value is -0.900. The molecule has 0 bridgehead atoms. The van der Waals surface area contributed by atoms with Crippen LogP contribution in [0.5, 0.6) is 0 Å². The van der Waals surface area contributed by atoms with E-state index in [1.807, 2.05) is 6.92 Å². The van der Waals surface area contributed by atoms with Crippen LogP contribution >= 0.6 is 15.9 Å². The summed E-state index contributed by atoms with van der Waals surface area (Å²) in [5.41, 5.74) is 1.59. The zero-order chi connectivity index (χ0) is 9.14. The van der Waals surface area contributed by atoms with Gasteiger partial charge in [0, 0.05) is 10.7 Å². The normalized spacial score (nSPS) is 9.83. The maximum atomic E-state index is 10.3. The summed E-state index contributed by atoms with van der Waals surface area (Å²) in [5, 5.41) is 8.48. The van der Waals surface area contributed by atoms with E-state index >= 15 is 0 Å². The average molecular weight is 230 g/mol. The second-order valence-corrected chi connectivity index (χ2v) is 3.35. The summed E-state index contributed by atoms with van der Waals surface area (Å²) in [6.07, 6.45) is 1.60. The lowest BCUT2D eigenvalue weighted by molar-refractivity contribution is -0.136. The first-order chi connectivity index (χ1) is 5.59. The molecule has 0 aliphatic rings. The second kappa shape index (κ2) is 3.67. The maximum absolute atomic E-state index is 10.3. The summed E-state index contributed by atoms with van der Waals surface area (Å²) in [4.78, 5) is 14.3.